The number of aliphatic hydroxyl groups excluding tert-OH is 1. The molecule has 5 rings (SSSR count). The molecule has 2 aliphatic carbocycles. The average Bonchev–Trinajstić information content (AvgIpc) is 3.32. The summed E-state index contributed by atoms with van der Waals surface area (Å²) in [5.74, 6) is -0.115. The summed E-state index contributed by atoms with van der Waals surface area (Å²) < 4.78 is 47.3. The monoisotopic (exact) mass is 475 g/mol. The highest BCUT2D eigenvalue weighted by molar-refractivity contribution is 5.52. The highest BCUT2D eigenvalue weighted by Gasteiger charge is 2.55. The number of rotatable bonds is 2. The molecule has 3 aliphatic rings. The normalized spacial score (nSPS) is 25.1. The van der Waals surface area contributed by atoms with Crippen molar-refractivity contribution in [3.05, 3.63) is 68.7 Å². The molecule has 2 atom stereocenters. The first-order valence-corrected chi connectivity index (χ1v) is 12.2. The molecule has 0 saturated heterocycles. The van der Waals surface area contributed by atoms with Gasteiger partial charge in [0.1, 0.15) is 6.10 Å². The Morgan fingerprint density at radius 2 is 1.71 bits per heavy atom. The number of nitrogens with zero attached hydrogens (tertiary/aromatic N) is 1. The molecular formula is C27H32F3NO3. The molecule has 1 N–H and O–H groups in total. The zero-order valence-corrected chi connectivity index (χ0v) is 20.1. The van der Waals surface area contributed by atoms with Crippen LogP contribution in [0.5, 0.6) is 0 Å². The molecule has 2 heterocycles. The average molecular weight is 476 g/mol. The highest BCUT2D eigenvalue weighted by Crippen LogP contribution is 2.59. The summed E-state index contributed by atoms with van der Waals surface area (Å²) in [5, 5.41) is 25.1. The highest BCUT2D eigenvalue weighted by atomic mass is 19.4. The number of aliphatic hydroxyl groups is 1. The number of benzene rings is 1. The molecule has 1 spiro atoms. The molecular weight excluding hydrogens is 443 g/mol. The number of alkyl halides is 3. The molecule has 1 saturated carbocycles. The van der Waals surface area contributed by atoms with Crippen LogP contribution in [0.15, 0.2) is 24.3 Å². The number of fused-ring (bicyclic) bond motifs is 4. The molecule has 34 heavy (non-hydrogen) atoms. The van der Waals surface area contributed by atoms with Crippen molar-refractivity contribution in [3.63, 3.8) is 0 Å². The van der Waals surface area contributed by atoms with Gasteiger partial charge in [0.05, 0.1) is 28.4 Å². The smallest absolute Gasteiger partial charge is 0.416 e. The van der Waals surface area contributed by atoms with E-state index in [9.17, 15) is 23.5 Å². The Balaban J connectivity index is 1.78. The van der Waals surface area contributed by atoms with E-state index in [-0.39, 0.29) is 11.3 Å². The Hall–Kier alpha value is -2.12. The van der Waals surface area contributed by atoms with Crippen LogP contribution in [-0.2, 0) is 22.9 Å². The van der Waals surface area contributed by atoms with Crippen LogP contribution < -0.4 is 4.73 Å². The summed E-state index contributed by atoms with van der Waals surface area (Å²) in [6, 6.07) is 5.08. The Labute approximate surface area is 198 Å². The molecule has 0 amide bonds. The molecule has 2 aromatic rings. The lowest BCUT2D eigenvalue weighted by molar-refractivity contribution is -0.626. The Morgan fingerprint density at radius 1 is 1.09 bits per heavy atom. The third kappa shape index (κ3) is 3.54. The minimum atomic E-state index is -4.42. The van der Waals surface area contributed by atoms with E-state index in [0.717, 1.165) is 53.7 Å². The molecule has 0 bridgehead atoms. The third-order valence-electron chi connectivity index (χ3n) is 7.87. The second-order valence-corrected chi connectivity index (χ2v) is 11.4. The summed E-state index contributed by atoms with van der Waals surface area (Å²) in [7, 11) is 0. The Kier molecular flexibility index (Phi) is 5.34. The number of halogens is 3. The Bertz CT molecular complexity index is 1120. The maximum absolute atomic E-state index is 13.8. The van der Waals surface area contributed by atoms with Gasteiger partial charge in [0, 0.05) is 17.9 Å². The lowest BCUT2D eigenvalue weighted by Gasteiger charge is -2.37. The first-order valence-electron chi connectivity index (χ1n) is 12.2. The number of hydrogen-bond donors (Lipinski definition) is 1. The van der Waals surface area contributed by atoms with Gasteiger partial charge in [-0.3, -0.25) is 0 Å². The van der Waals surface area contributed by atoms with Gasteiger partial charge in [0.25, 0.3) is 0 Å². The van der Waals surface area contributed by atoms with Crippen molar-refractivity contribution in [2.75, 3.05) is 0 Å². The van der Waals surface area contributed by atoms with Gasteiger partial charge in [-0.05, 0) is 42.4 Å². The summed E-state index contributed by atoms with van der Waals surface area (Å²) in [6.07, 6.45) is -1.22. The standard InChI is InChI=1S/C27H32F3NO3/c1-15(2)23-21-22(20-18(31(23)33)13-25(3,4)14-19(20)32)26(11-5-6-12-26)34-24(21)16-7-9-17(10-8-16)27(28,29)30/h7-10,15,19,24,32H,5-6,11-14H2,1-4H3/t19?,24-/m1/s1. The predicted octanol–water partition coefficient (Wildman–Crippen LogP) is 6.36. The third-order valence-corrected chi connectivity index (χ3v) is 7.87. The predicted molar refractivity (Wildman–Crippen MR) is 121 cm³/mol. The fourth-order valence-electron chi connectivity index (χ4n) is 6.50. The van der Waals surface area contributed by atoms with Crippen molar-refractivity contribution in [3.8, 4) is 0 Å². The van der Waals surface area contributed by atoms with Crippen LogP contribution in [-0.4, -0.2) is 5.11 Å². The lowest BCUT2D eigenvalue weighted by Crippen LogP contribution is -2.46. The van der Waals surface area contributed by atoms with Crippen molar-refractivity contribution < 1.29 is 27.7 Å². The summed E-state index contributed by atoms with van der Waals surface area (Å²) >= 11 is 0. The second-order valence-electron chi connectivity index (χ2n) is 11.4. The van der Waals surface area contributed by atoms with E-state index in [1.54, 1.807) is 0 Å². The van der Waals surface area contributed by atoms with Crippen LogP contribution >= 0.6 is 0 Å². The van der Waals surface area contributed by atoms with Gasteiger partial charge in [-0.15, -0.1) is 0 Å². The zero-order valence-electron chi connectivity index (χ0n) is 20.1. The van der Waals surface area contributed by atoms with E-state index in [1.807, 2.05) is 13.8 Å². The molecule has 0 radical (unpaired) electrons. The van der Waals surface area contributed by atoms with Gasteiger partial charge in [-0.25, -0.2) is 0 Å². The summed E-state index contributed by atoms with van der Waals surface area (Å²) in [5.41, 5.74) is 2.67. The van der Waals surface area contributed by atoms with E-state index in [0.29, 0.717) is 35.4 Å². The minimum absolute atomic E-state index is 0.115. The molecule has 7 heteroatoms. The lowest BCUT2D eigenvalue weighted by atomic mass is 9.70. The van der Waals surface area contributed by atoms with E-state index < -0.39 is 29.5 Å². The zero-order chi connectivity index (χ0) is 24.6. The summed E-state index contributed by atoms with van der Waals surface area (Å²) in [6.45, 7) is 8.05. The molecule has 4 nitrogen and oxygen atoms in total. The largest absolute Gasteiger partial charge is 0.618 e. The van der Waals surface area contributed by atoms with Gasteiger partial charge in [-0.2, -0.15) is 17.9 Å². The molecule has 1 unspecified atom stereocenters. The van der Waals surface area contributed by atoms with E-state index >= 15 is 0 Å². The van der Waals surface area contributed by atoms with Crippen molar-refractivity contribution in [1.29, 1.82) is 0 Å². The fraction of sp³-hybridized carbons (Fsp3) is 0.593. The van der Waals surface area contributed by atoms with Crippen LogP contribution in [0.2, 0.25) is 0 Å². The van der Waals surface area contributed by atoms with E-state index in [2.05, 4.69) is 13.8 Å². The number of ether oxygens (including phenoxy) is 1. The van der Waals surface area contributed by atoms with E-state index in [4.69, 9.17) is 4.74 Å². The number of pyridine rings is 1. The maximum Gasteiger partial charge on any atom is 0.416 e. The molecule has 1 aliphatic heterocycles. The van der Waals surface area contributed by atoms with Gasteiger partial charge < -0.3 is 15.1 Å². The second kappa shape index (κ2) is 7.69. The van der Waals surface area contributed by atoms with Crippen LogP contribution in [0.1, 0.15) is 117 Å². The maximum atomic E-state index is 13.8. The van der Waals surface area contributed by atoms with Crippen LogP contribution in [0.25, 0.3) is 0 Å². The quantitative estimate of drug-likeness (QED) is 0.406. The fourth-order valence-corrected chi connectivity index (χ4v) is 6.50. The van der Waals surface area contributed by atoms with E-state index in [1.165, 1.54) is 12.1 Å². The van der Waals surface area contributed by atoms with Gasteiger partial charge in [0.15, 0.2) is 5.69 Å². The Morgan fingerprint density at radius 3 is 2.26 bits per heavy atom. The first kappa shape index (κ1) is 23.6. The van der Waals surface area contributed by atoms with Crippen molar-refractivity contribution in [2.24, 2.45) is 5.41 Å². The summed E-state index contributed by atoms with van der Waals surface area (Å²) in [4.78, 5) is 0. The van der Waals surface area contributed by atoms with Crippen LogP contribution in [0.4, 0.5) is 13.2 Å². The van der Waals surface area contributed by atoms with Crippen molar-refractivity contribution in [2.45, 2.75) is 96.1 Å². The van der Waals surface area contributed by atoms with Gasteiger partial charge >= 0.3 is 6.18 Å². The van der Waals surface area contributed by atoms with Gasteiger partial charge in [-0.1, -0.05) is 52.7 Å². The number of hydrogen-bond acceptors (Lipinski definition) is 3. The minimum Gasteiger partial charge on any atom is -0.618 e. The first-order chi connectivity index (χ1) is 15.8. The molecule has 1 aromatic heterocycles. The van der Waals surface area contributed by atoms with Crippen molar-refractivity contribution in [1.82, 2.24) is 0 Å². The SMILES string of the molecule is CC(C)c1c2c(c3c([n+]1[O-])CC(C)(C)CC3O)C1(CCCC1)O[C@@H]2c1ccc(C(F)(F)F)cc1. The molecule has 184 valence electrons. The molecule has 1 aromatic carbocycles. The van der Waals surface area contributed by atoms with Crippen LogP contribution in [0.3, 0.4) is 0 Å². The van der Waals surface area contributed by atoms with Gasteiger partial charge in [0.2, 0.25) is 5.69 Å². The topological polar surface area (TPSA) is 56.4 Å². The van der Waals surface area contributed by atoms with Crippen molar-refractivity contribution >= 4 is 0 Å². The number of aromatic nitrogens is 1. The molecule has 1 fully saturated rings. The van der Waals surface area contributed by atoms with Crippen LogP contribution in [0, 0.1) is 10.6 Å².